The van der Waals surface area contributed by atoms with Crippen molar-refractivity contribution in [2.75, 3.05) is 22.1 Å². The predicted octanol–water partition coefficient (Wildman–Crippen LogP) is 13.3. The first-order valence-corrected chi connectivity index (χ1v) is 23.4. The van der Waals surface area contributed by atoms with E-state index in [9.17, 15) is 31.5 Å². The molecule has 16 heteroatoms. The molecule has 370 valence electrons. The smallest absolute Gasteiger partial charge is 0.477 e. The fourth-order valence-electron chi connectivity index (χ4n) is 8.29. The number of ketones is 1. The molecular formula is C55H55F5N6O5. The number of rotatable bonds is 10. The maximum Gasteiger partial charge on any atom is 0.490 e. The van der Waals surface area contributed by atoms with E-state index in [1.165, 1.54) is 43.2 Å². The fourth-order valence-corrected chi connectivity index (χ4v) is 8.29. The maximum atomic E-state index is 14.0. The Morgan fingerprint density at radius 2 is 1.38 bits per heavy atom. The van der Waals surface area contributed by atoms with E-state index in [1.807, 2.05) is 62.4 Å². The van der Waals surface area contributed by atoms with Crippen molar-refractivity contribution in [1.29, 1.82) is 0 Å². The summed E-state index contributed by atoms with van der Waals surface area (Å²) in [6.45, 7) is 10.1. The molecule has 0 bridgehead atoms. The quantitative estimate of drug-likeness (QED) is 0.114. The number of carboxylic acids is 1. The van der Waals surface area contributed by atoms with Crippen LogP contribution in [0.1, 0.15) is 81.9 Å². The number of allylic oxidation sites excluding steroid dienone is 1. The van der Waals surface area contributed by atoms with Crippen LogP contribution in [-0.4, -0.2) is 44.2 Å². The van der Waals surface area contributed by atoms with Crippen LogP contribution >= 0.6 is 0 Å². The van der Waals surface area contributed by atoms with Crippen LogP contribution in [0.15, 0.2) is 144 Å². The van der Waals surface area contributed by atoms with E-state index in [4.69, 9.17) is 19.6 Å². The van der Waals surface area contributed by atoms with E-state index in [0.717, 1.165) is 59.1 Å². The summed E-state index contributed by atoms with van der Waals surface area (Å²) in [7, 11) is 0. The molecule has 1 aliphatic carbocycles. The lowest BCUT2D eigenvalue weighted by molar-refractivity contribution is -0.192. The van der Waals surface area contributed by atoms with Crippen molar-refractivity contribution in [3.8, 4) is 11.6 Å². The SMILES string of the molecule is CC.CCOc1nc(C)cc2c1c(=O)cc(Nc1cccc(F)c1)n2-c1cccc(F)c1.CCc1cc2c(c(C3CCCC3)n1)CC(=O)C=C(Nc1ccccc1)N2c1ccccc1.O=C(O)C(F)(F)F. The number of para-hydroxylation sites is 2. The standard InChI is InChI=1S/C28H29N3O.C23H19F2N3O2.C2HF3O2.C2H6/c1-2-21-17-26-25(28(30-21)20-11-9-10-12-20)18-24(32)19-27(29-22-13-5-3-6-14-22)31(26)23-15-7-4-8-16-23;1-3-30-23-22-19(10-14(2)26-23)28(18-9-5-7-16(25)12-18)21(13-20(22)29)27-17-8-4-6-15(24)11-17;3-2(4,5)1(6)7;1-2/h3-8,13-17,19-20,29H,2,9-12,18H2,1H3;4-13,27H,3H2,1-2H3;(H,6,7);1-2H3. The second-order valence-corrected chi connectivity index (χ2v) is 16.2. The number of benzene rings is 4. The van der Waals surface area contributed by atoms with E-state index < -0.39 is 23.8 Å². The van der Waals surface area contributed by atoms with Gasteiger partial charge in [0.1, 0.15) is 28.7 Å². The lowest BCUT2D eigenvalue weighted by atomic mass is 9.93. The van der Waals surface area contributed by atoms with E-state index in [0.29, 0.717) is 47.3 Å². The Kier molecular flexibility index (Phi) is 17.8. The van der Waals surface area contributed by atoms with Crippen molar-refractivity contribution in [2.45, 2.75) is 85.2 Å². The van der Waals surface area contributed by atoms with Crippen molar-refractivity contribution in [3.63, 3.8) is 0 Å². The molecule has 1 saturated carbocycles. The fraction of sp³-hybridized carbons (Fsp3) is 0.255. The minimum atomic E-state index is -5.08. The molecule has 0 amide bonds. The zero-order chi connectivity index (χ0) is 51.2. The molecule has 4 heterocycles. The number of pyridine rings is 3. The number of aliphatic carboxylic acids is 1. The van der Waals surface area contributed by atoms with Gasteiger partial charge in [-0.3, -0.25) is 24.0 Å². The number of nitrogens with zero attached hydrogens (tertiary/aromatic N) is 4. The highest BCUT2D eigenvalue weighted by molar-refractivity contribution is 5.97. The van der Waals surface area contributed by atoms with Crippen LogP contribution in [0, 0.1) is 18.6 Å². The normalized spacial score (nSPS) is 13.2. The van der Waals surface area contributed by atoms with Gasteiger partial charge < -0.3 is 20.5 Å². The number of carbonyl (C=O) groups excluding carboxylic acids is 1. The summed E-state index contributed by atoms with van der Waals surface area (Å²) in [5.74, 6) is -1.69. The van der Waals surface area contributed by atoms with Gasteiger partial charge in [0.25, 0.3) is 0 Å². The molecule has 1 fully saturated rings. The Hall–Kier alpha value is -7.88. The highest BCUT2D eigenvalue weighted by Crippen LogP contribution is 2.43. The minimum Gasteiger partial charge on any atom is -0.477 e. The number of alkyl halides is 3. The monoisotopic (exact) mass is 974 g/mol. The topological polar surface area (TPSA) is 139 Å². The first-order valence-electron chi connectivity index (χ1n) is 23.4. The van der Waals surface area contributed by atoms with Crippen molar-refractivity contribution >= 4 is 51.2 Å². The second-order valence-electron chi connectivity index (χ2n) is 16.2. The van der Waals surface area contributed by atoms with Gasteiger partial charge in [0.2, 0.25) is 5.88 Å². The largest absolute Gasteiger partial charge is 0.490 e. The third kappa shape index (κ3) is 13.3. The van der Waals surface area contributed by atoms with Crippen LogP contribution in [0.2, 0.25) is 0 Å². The molecule has 4 aromatic carbocycles. The highest BCUT2D eigenvalue weighted by Gasteiger charge is 2.38. The van der Waals surface area contributed by atoms with Gasteiger partial charge in [-0.15, -0.1) is 0 Å². The molecule has 11 nitrogen and oxygen atoms in total. The summed E-state index contributed by atoms with van der Waals surface area (Å²) in [4.78, 5) is 46.7. The lowest BCUT2D eigenvalue weighted by Crippen LogP contribution is -2.23. The van der Waals surface area contributed by atoms with Gasteiger partial charge in [-0.05, 0) is 106 Å². The Morgan fingerprint density at radius 1 is 0.775 bits per heavy atom. The maximum absolute atomic E-state index is 14.0. The summed E-state index contributed by atoms with van der Waals surface area (Å²) in [5, 5.41) is 14.0. The Labute approximate surface area is 408 Å². The molecule has 0 atom stereocenters. The summed E-state index contributed by atoms with van der Waals surface area (Å²) in [6.07, 6.45) is 2.74. The number of ether oxygens (including phenoxy) is 1. The predicted molar refractivity (Wildman–Crippen MR) is 268 cm³/mol. The van der Waals surface area contributed by atoms with E-state index in [-0.39, 0.29) is 22.5 Å². The van der Waals surface area contributed by atoms with Gasteiger partial charge in [-0.2, -0.15) is 13.2 Å². The molecular weight excluding hydrogens is 920 g/mol. The van der Waals surface area contributed by atoms with Gasteiger partial charge in [0.05, 0.1) is 23.5 Å². The number of carbonyl (C=O) groups is 2. The number of hydrogen-bond acceptors (Lipinski definition) is 9. The third-order valence-corrected chi connectivity index (χ3v) is 11.3. The Balaban J connectivity index is 0.000000199. The Morgan fingerprint density at radius 3 is 1.99 bits per heavy atom. The first kappa shape index (κ1) is 52.5. The van der Waals surface area contributed by atoms with Crippen molar-refractivity contribution in [3.05, 3.63) is 184 Å². The van der Waals surface area contributed by atoms with Crippen LogP contribution in [0.3, 0.4) is 0 Å². The van der Waals surface area contributed by atoms with Gasteiger partial charge in [0, 0.05) is 64.2 Å². The van der Waals surface area contributed by atoms with Crippen LogP contribution in [0.5, 0.6) is 5.88 Å². The number of hydrogen-bond donors (Lipinski definition) is 3. The molecule has 0 saturated heterocycles. The van der Waals surface area contributed by atoms with Gasteiger partial charge in [-0.1, -0.05) is 82.1 Å². The van der Waals surface area contributed by atoms with Crippen molar-refractivity contribution < 1.29 is 41.4 Å². The molecule has 2 aliphatic rings. The molecule has 7 aromatic rings. The van der Waals surface area contributed by atoms with Crippen molar-refractivity contribution in [2.24, 2.45) is 0 Å². The van der Waals surface area contributed by atoms with Crippen LogP contribution in [0.4, 0.5) is 50.5 Å². The number of anilines is 5. The van der Waals surface area contributed by atoms with E-state index >= 15 is 0 Å². The number of aryl methyl sites for hydroxylation is 2. The molecule has 3 aromatic heterocycles. The van der Waals surface area contributed by atoms with Crippen molar-refractivity contribution in [1.82, 2.24) is 14.5 Å². The average molecular weight is 975 g/mol. The number of halogens is 5. The molecule has 0 radical (unpaired) electrons. The first-order chi connectivity index (χ1) is 34.1. The number of aromatic nitrogens is 3. The molecule has 9 rings (SSSR count). The minimum absolute atomic E-state index is 0.105. The van der Waals surface area contributed by atoms with E-state index in [2.05, 4.69) is 45.6 Å². The summed E-state index contributed by atoms with van der Waals surface area (Å²) in [6, 6.07) is 37.5. The van der Waals surface area contributed by atoms with Crippen LogP contribution < -0.4 is 25.7 Å². The number of carboxylic acid groups (broad SMARTS) is 1. The summed E-state index contributed by atoms with van der Waals surface area (Å²) in [5.41, 5.74) is 8.14. The molecule has 71 heavy (non-hydrogen) atoms. The summed E-state index contributed by atoms with van der Waals surface area (Å²) >= 11 is 0. The molecule has 3 N–H and O–H groups in total. The zero-order valence-electron chi connectivity index (χ0n) is 40.0. The van der Waals surface area contributed by atoms with Gasteiger partial charge >= 0.3 is 12.1 Å². The summed E-state index contributed by atoms with van der Waals surface area (Å²) < 4.78 is 66.8. The lowest BCUT2D eigenvalue weighted by Gasteiger charge is -2.30. The second kappa shape index (κ2) is 24.1. The third-order valence-electron chi connectivity index (χ3n) is 11.3. The number of fused-ring (bicyclic) bond motifs is 2. The highest BCUT2D eigenvalue weighted by atomic mass is 19.4. The number of nitrogens with one attached hydrogen (secondary N) is 2. The van der Waals surface area contributed by atoms with Crippen LogP contribution in [-0.2, 0) is 22.4 Å². The average Bonchev–Trinajstić information content (AvgIpc) is 3.84. The molecule has 0 unspecified atom stereocenters. The van der Waals surface area contributed by atoms with Crippen LogP contribution in [0.25, 0.3) is 16.6 Å². The van der Waals surface area contributed by atoms with Gasteiger partial charge in [-0.25, -0.2) is 18.6 Å². The molecule has 0 spiro atoms. The van der Waals surface area contributed by atoms with E-state index in [1.54, 1.807) is 54.8 Å². The molecule has 1 aliphatic heterocycles. The Bertz CT molecular complexity index is 3050. The zero-order valence-corrected chi connectivity index (χ0v) is 40.0. The van der Waals surface area contributed by atoms with Gasteiger partial charge in [0.15, 0.2) is 11.2 Å².